The molecule has 0 saturated heterocycles. The molecule has 92 valence electrons. The van der Waals surface area contributed by atoms with Crippen LogP contribution in [0.2, 0.25) is 0 Å². The average Bonchev–Trinajstić information content (AvgIpc) is 2.01. The lowest BCUT2D eigenvalue weighted by Gasteiger charge is -2.21. The van der Waals surface area contributed by atoms with Crippen LogP contribution in [0.5, 0.6) is 0 Å². The molecule has 0 amide bonds. The molecule has 5 heteroatoms. The lowest BCUT2D eigenvalue weighted by molar-refractivity contribution is 0.193. The van der Waals surface area contributed by atoms with Gasteiger partial charge in [-0.25, -0.2) is 8.42 Å². The first-order valence-corrected chi connectivity index (χ1v) is 6.97. The molecule has 4 nitrogen and oxygen atoms in total. The van der Waals surface area contributed by atoms with Gasteiger partial charge in [0.25, 0.3) is 0 Å². The molecule has 15 heavy (non-hydrogen) atoms. The van der Waals surface area contributed by atoms with E-state index in [9.17, 15) is 13.5 Å². The highest BCUT2D eigenvalue weighted by atomic mass is 32.2. The monoisotopic (exact) mass is 237 g/mol. The van der Waals surface area contributed by atoms with Crippen molar-refractivity contribution in [2.45, 2.75) is 45.0 Å². The third kappa shape index (κ3) is 5.49. The van der Waals surface area contributed by atoms with Gasteiger partial charge in [0.1, 0.15) is 0 Å². The third-order valence-corrected chi connectivity index (χ3v) is 4.84. The molecule has 0 heterocycles. The van der Waals surface area contributed by atoms with E-state index >= 15 is 0 Å². The van der Waals surface area contributed by atoms with Crippen LogP contribution < -0.4 is 5.32 Å². The van der Waals surface area contributed by atoms with Crippen molar-refractivity contribution in [3.05, 3.63) is 0 Å². The Labute approximate surface area is 93.0 Å². The van der Waals surface area contributed by atoms with E-state index < -0.39 is 20.7 Å². The van der Waals surface area contributed by atoms with Gasteiger partial charge in [0.15, 0.2) is 9.84 Å². The molecule has 0 fully saturated rings. The molecule has 0 bridgehead atoms. The Morgan fingerprint density at radius 3 is 2.27 bits per heavy atom. The zero-order valence-electron chi connectivity index (χ0n) is 10.1. The second-order valence-electron chi connectivity index (χ2n) is 4.75. The van der Waals surface area contributed by atoms with E-state index in [0.29, 0.717) is 6.54 Å². The van der Waals surface area contributed by atoms with Gasteiger partial charge in [0.05, 0.1) is 16.6 Å². The minimum Gasteiger partial charge on any atom is -0.391 e. The maximum atomic E-state index is 11.7. The highest BCUT2D eigenvalue weighted by Gasteiger charge is 2.30. The van der Waals surface area contributed by atoms with Crippen LogP contribution in [0.1, 0.15) is 34.1 Å². The number of hydrogen-bond donors (Lipinski definition) is 2. The molecule has 0 aromatic heterocycles. The van der Waals surface area contributed by atoms with Gasteiger partial charge in [-0.15, -0.1) is 0 Å². The van der Waals surface area contributed by atoms with Gasteiger partial charge in [-0.05, 0) is 33.7 Å². The minimum atomic E-state index is -3.22. The van der Waals surface area contributed by atoms with Gasteiger partial charge in [-0.3, -0.25) is 0 Å². The predicted octanol–water partition coefficient (Wildman–Crippen LogP) is 0.560. The maximum absolute atomic E-state index is 11.7. The van der Waals surface area contributed by atoms with Crippen LogP contribution in [-0.4, -0.2) is 43.2 Å². The summed E-state index contributed by atoms with van der Waals surface area (Å²) < 4.78 is 22.6. The molecule has 0 aromatic rings. The standard InChI is InChI=1S/C10H23NO3S/c1-5-6-11-7-9(12)8-15(13,14)10(2,3)4/h9,11-12H,5-8H2,1-4H3. The van der Waals surface area contributed by atoms with Crippen molar-refractivity contribution in [1.82, 2.24) is 5.32 Å². The van der Waals surface area contributed by atoms with E-state index in [-0.39, 0.29) is 5.75 Å². The van der Waals surface area contributed by atoms with Gasteiger partial charge < -0.3 is 10.4 Å². The zero-order valence-corrected chi connectivity index (χ0v) is 10.9. The smallest absolute Gasteiger partial charge is 0.157 e. The summed E-state index contributed by atoms with van der Waals surface area (Å²) in [6, 6.07) is 0. The number of aliphatic hydroxyl groups excluding tert-OH is 1. The fourth-order valence-corrected chi connectivity index (χ4v) is 2.13. The number of nitrogens with one attached hydrogen (secondary N) is 1. The Hall–Kier alpha value is -0.130. The van der Waals surface area contributed by atoms with Crippen molar-refractivity contribution < 1.29 is 13.5 Å². The van der Waals surface area contributed by atoms with Crippen LogP contribution in [0.3, 0.4) is 0 Å². The summed E-state index contributed by atoms with van der Waals surface area (Å²) >= 11 is 0. The van der Waals surface area contributed by atoms with E-state index in [2.05, 4.69) is 5.32 Å². The molecule has 0 saturated carbocycles. The summed E-state index contributed by atoms with van der Waals surface area (Å²) in [6.07, 6.45) is 0.152. The lowest BCUT2D eigenvalue weighted by atomic mass is 10.3. The first-order chi connectivity index (χ1) is 6.70. The minimum absolute atomic E-state index is 0.173. The maximum Gasteiger partial charge on any atom is 0.157 e. The second-order valence-corrected chi connectivity index (χ2v) is 7.54. The topological polar surface area (TPSA) is 66.4 Å². The van der Waals surface area contributed by atoms with E-state index in [1.807, 2.05) is 6.92 Å². The molecule has 0 spiro atoms. The van der Waals surface area contributed by atoms with Crippen LogP contribution >= 0.6 is 0 Å². The fraction of sp³-hybridized carbons (Fsp3) is 1.00. The van der Waals surface area contributed by atoms with Gasteiger partial charge in [0, 0.05) is 6.54 Å². The first-order valence-electron chi connectivity index (χ1n) is 5.32. The van der Waals surface area contributed by atoms with Gasteiger partial charge in [-0.1, -0.05) is 6.92 Å². The summed E-state index contributed by atoms with van der Waals surface area (Å²) in [7, 11) is -3.22. The van der Waals surface area contributed by atoms with E-state index in [4.69, 9.17) is 0 Å². The fourth-order valence-electron chi connectivity index (χ4n) is 1.01. The number of aliphatic hydroxyl groups is 1. The Kier molecular flexibility index (Phi) is 5.77. The molecule has 0 aliphatic rings. The Morgan fingerprint density at radius 1 is 1.33 bits per heavy atom. The number of rotatable bonds is 6. The summed E-state index contributed by atoms with van der Waals surface area (Å²) in [6.45, 7) is 8.10. The van der Waals surface area contributed by atoms with Crippen molar-refractivity contribution in [2.24, 2.45) is 0 Å². The zero-order chi connectivity index (χ0) is 12.1. The van der Waals surface area contributed by atoms with E-state index in [0.717, 1.165) is 13.0 Å². The molecule has 1 atom stereocenters. The second kappa shape index (κ2) is 5.82. The lowest BCUT2D eigenvalue weighted by Crippen LogP contribution is -2.39. The summed E-state index contributed by atoms with van der Waals surface area (Å²) in [4.78, 5) is 0. The molecule has 0 radical (unpaired) electrons. The molecule has 0 aliphatic carbocycles. The number of sulfone groups is 1. The van der Waals surface area contributed by atoms with Gasteiger partial charge in [0.2, 0.25) is 0 Å². The normalized spacial score (nSPS) is 15.3. The van der Waals surface area contributed by atoms with Crippen LogP contribution in [-0.2, 0) is 9.84 Å². The average molecular weight is 237 g/mol. The predicted molar refractivity (Wildman–Crippen MR) is 62.7 cm³/mol. The number of hydrogen-bond acceptors (Lipinski definition) is 4. The highest BCUT2D eigenvalue weighted by Crippen LogP contribution is 2.16. The van der Waals surface area contributed by atoms with Crippen molar-refractivity contribution in [1.29, 1.82) is 0 Å². The molecule has 2 N–H and O–H groups in total. The molecule has 1 unspecified atom stereocenters. The molecule has 0 aromatic carbocycles. The Bertz CT molecular complexity index is 267. The Balaban J connectivity index is 4.12. The molecule has 0 rings (SSSR count). The van der Waals surface area contributed by atoms with Crippen LogP contribution in [0, 0.1) is 0 Å². The largest absolute Gasteiger partial charge is 0.391 e. The Morgan fingerprint density at radius 2 is 1.87 bits per heavy atom. The van der Waals surface area contributed by atoms with Crippen molar-refractivity contribution in [2.75, 3.05) is 18.8 Å². The van der Waals surface area contributed by atoms with Crippen LogP contribution in [0.15, 0.2) is 0 Å². The third-order valence-electron chi connectivity index (χ3n) is 2.15. The summed E-state index contributed by atoms with van der Waals surface area (Å²) in [5.74, 6) is -0.173. The van der Waals surface area contributed by atoms with Crippen molar-refractivity contribution in [3.8, 4) is 0 Å². The van der Waals surface area contributed by atoms with Crippen LogP contribution in [0.4, 0.5) is 0 Å². The van der Waals surface area contributed by atoms with E-state index in [1.165, 1.54) is 0 Å². The van der Waals surface area contributed by atoms with E-state index in [1.54, 1.807) is 20.8 Å². The van der Waals surface area contributed by atoms with Gasteiger partial charge >= 0.3 is 0 Å². The SMILES string of the molecule is CCCNCC(O)CS(=O)(=O)C(C)(C)C. The van der Waals surface area contributed by atoms with Crippen LogP contribution in [0.25, 0.3) is 0 Å². The van der Waals surface area contributed by atoms with Crippen molar-refractivity contribution >= 4 is 9.84 Å². The molecular weight excluding hydrogens is 214 g/mol. The molecular formula is C10H23NO3S. The molecule has 0 aliphatic heterocycles. The summed E-state index contributed by atoms with van der Waals surface area (Å²) in [5.41, 5.74) is 0. The van der Waals surface area contributed by atoms with Gasteiger partial charge in [-0.2, -0.15) is 0 Å². The quantitative estimate of drug-likeness (QED) is 0.663. The van der Waals surface area contributed by atoms with Crippen molar-refractivity contribution in [3.63, 3.8) is 0 Å². The first kappa shape index (κ1) is 14.9. The highest BCUT2D eigenvalue weighted by molar-refractivity contribution is 7.92. The summed E-state index contributed by atoms with van der Waals surface area (Å²) in [5, 5.41) is 12.5.